The number of nitrogens with zero attached hydrogens (tertiary/aromatic N) is 1. The van der Waals surface area contributed by atoms with Gasteiger partial charge in [-0.3, -0.25) is 0 Å². The van der Waals surface area contributed by atoms with Crippen LogP contribution in [0.5, 0.6) is 11.5 Å². The molecule has 0 aromatic heterocycles. The van der Waals surface area contributed by atoms with Gasteiger partial charge in [0.25, 0.3) is 0 Å². The summed E-state index contributed by atoms with van der Waals surface area (Å²) in [6.07, 6.45) is 3.36. The smallest absolute Gasteiger partial charge is 0.328 e. The predicted molar refractivity (Wildman–Crippen MR) is 83.3 cm³/mol. The van der Waals surface area contributed by atoms with Gasteiger partial charge >= 0.3 is 5.97 Å². The van der Waals surface area contributed by atoms with Gasteiger partial charge in [-0.05, 0) is 44.3 Å². The van der Waals surface area contributed by atoms with Crippen molar-refractivity contribution in [1.82, 2.24) is 4.90 Å². The van der Waals surface area contributed by atoms with Crippen molar-refractivity contribution in [1.29, 1.82) is 0 Å². The molecule has 0 fully saturated rings. The van der Waals surface area contributed by atoms with E-state index >= 15 is 0 Å². The van der Waals surface area contributed by atoms with Gasteiger partial charge in [0.2, 0.25) is 0 Å². The van der Waals surface area contributed by atoms with E-state index in [9.17, 15) is 4.79 Å². The van der Waals surface area contributed by atoms with Crippen molar-refractivity contribution in [2.24, 2.45) is 0 Å². The summed E-state index contributed by atoms with van der Waals surface area (Å²) in [5, 5.41) is 9.03. The Morgan fingerprint density at radius 3 is 2.71 bits per heavy atom. The minimum Gasteiger partial charge on any atom is -0.493 e. The van der Waals surface area contributed by atoms with Gasteiger partial charge in [0.1, 0.15) is 0 Å². The maximum absolute atomic E-state index is 10.5. The molecule has 0 spiro atoms. The van der Waals surface area contributed by atoms with E-state index in [0.29, 0.717) is 28.7 Å². The molecule has 1 aromatic carbocycles. The summed E-state index contributed by atoms with van der Waals surface area (Å²) in [5.74, 6) is -0.0584. The van der Waals surface area contributed by atoms with E-state index in [4.69, 9.17) is 26.2 Å². The SMILES string of the molecule is COc1cc(C=CC(=O)O)cc(Cl)c1OCCCN(C)C. The molecule has 0 amide bonds. The number of carboxylic acid groups (broad SMARTS) is 1. The van der Waals surface area contributed by atoms with Crippen LogP contribution in [0.1, 0.15) is 12.0 Å². The third kappa shape index (κ3) is 6.06. The highest BCUT2D eigenvalue weighted by Gasteiger charge is 2.11. The standard InChI is InChI=1S/C15H20ClNO4/c1-17(2)7-4-8-21-15-12(16)9-11(5-6-14(18)19)10-13(15)20-3/h5-6,9-10H,4,7-8H2,1-3H3,(H,18,19). The highest BCUT2D eigenvalue weighted by atomic mass is 35.5. The lowest BCUT2D eigenvalue weighted by atomic mass is 10.2. The Morgan fingerprint density at radius 2 is 2.14 bits per heavy atom. The second kappa shape index (κ2) is 8.54. The molecule has 0 aliphatic rings. The van der Waals surface area contributed by atoms with Crippen LogP contribution in [0.4, 0.5) is 0 Å². The molecular formula is C15H20ClNO4. The lowest BCUT2D eigenvalue weighted by molar-refractivity contribution is -0.131. The van der Waals surface area contributed by atoms with Gasteiger partial charge in [-0.25, -0.2) is 4.79 Å². The maximum Gasteiger partial charge on any atom is 0.328 e. The molecule has 5 nitrogen and oxygen atoms in total. The molecule has 0 heterocycles. The van der Waals surface area contributed by atoms with E-state index in [-0.39, 0.29) is 0 Å². The lowest BCUT2D eigenvalue weighted by Gasteiger charge is -2.14. The fourth-order valence-corrected chi connectivity index (χ4v) is 1.97. The average Bonchev–Trinajstić information content (AvgIpc) is 2.42. The molecule has 1 aromatic rings. The van der Waals surface area contributed by atoms with E-state index in [2.05, 4.69) is 4.90 Å². The van der Waals surface area contributed by atoms with Crippen LogP contribution in [0.25, 0.3) is 6.08 Å². The summed E-state index contributed by atoms with van der Waals surface area (Å²) in [6.45, 7) is 1.44. The van der Waals surface area contributed by atoms with Gasteiger partial charge in [-0.2, -0.15) is 0 Å². The molecular weight excluding hydrogens is 294 g/mol. The zero-order valence-electron chi connectivity index (χ0n) is 12.4. The first-order valence-corrected chi connectivity index (χ1v) is 6.88. The summed E-state index contributed by atoms with van der Waals surface area (Å²) >= 11 is 6.17. The van der Waals surface area contributed by atoms with Gasteiger partial charge in [0.15, 0.2) is 11.5 Å². The lowest BCUT2D eigenvalue weighted by Crippen LogP contribution is -2.15. The molecule has 1 N–H and O–H groups in total. The van der Waals surface area contributed by atoms with Crippen molar-refractivity contribution >= 4 is 23.6 Å². The van der Waals surface area contributed by atoms with Gasteiger partial charge < -0.3 is 19.5 Å². The number of benzene rings is 1. The molecule has 21 heavy (non-hydrogen) atoms. The number of aliphatic carboxylic acids is 1. The molecule has 116 valence electrons. The molecule has 0 unspecified atom stereocenters. The van der Waals surface area contributed by atoms with E-state index in [0.717, 1.165) is 19.0 Å². The first kappa shape index (κ1) is 17.3. The zero-order chi connectivity index (χ0) is 15.8. The largest absolute Gasteiger partial charge is 0.493 e. The molecule has 0 radical (unpaired) electrons. The number of rotatable bonds is 8. The van der Waals surface area contributed by atoms with Crippen molar-refractivity contribution in [2.45, 2.75) is 6.42 Å². The normalized spacial score (nSPS) is 11.1. The van der Waals surface area contributed by atoms with Crippen molar-refractivity contribution in [3.8, 4) is 11.5 Å². The molecule has 0 aliphatic heterocycles. The van der Waals surface area contributed by atoms with E-state index in [1.807, 2.05) is 14.1 Å². The first-order valence-electron chi connectivity index (χ1n) is 6.50. The molecule has 0 atom stereocenters. The van der Waals surface area contributed by atoms with Crippen molar-refractivity contribution in [2.75, 3.05) is 34.4 Å². The van der Waals surface area contributed by atoms with Crippen LogP contribution in [-0.4, -0.2) is 50.3 Å². The van der Waals surface area contributed by atoms with Gasteiger partial charge in [0, 0.05) is 12.6 Å². The quantitative estimate of drug-likeness (QED) is 0.591. The molecule has 0 saturated heterocycles. The number of carboxylic acids is 1. The number of hydrogen-bond acceptors (Lipinski definition) is 4. The third-order valence-electron chi connectivity index (χ3n) is 2.67. The van der Waals surface area contributed by atoms with Gasteiger partial charge in [-0.15, -0.1) is 0 Å². The summed E-state index contributed by atoms with van der Waals surface area (Å²) < 4.78 is 10.9. The van der Waals surface area contributed by atoms with Crippen LogP contribution < -0.4 is 9.47 Å². The predicted octanol–water partition coefficient (Wildman–Crippen LogP) is 2.78. The van der Waals surface area contributed by atoms with Gasteiger partial charge in [-0.1, -0.05) is 11.6 Å². The van der Waals surface area contributed by atoms with Crippen LogP contribution in [0.15, 0.2) is 18.2 Å². The fraction of sp³-hybridized carbons (Fsp3) is 0.400. The molecule has 0 aliphatic carbocycles. The Hall–Kier alpha value is -1.72. The zero-order valence-corrected chi connectivity index (χ0v) is 13.2. The second-order valence-electron chi connectivity index (χ2n) is 4.71. The Labute approximate surface area is 129 Å². The summed E-state index contributed by atoms with van der Waals surface area (Å²) in [4.78, 5) is 12.6. The molecule has 0 saturated carbocycles. The Balaban J connectivity index is 2.82. The van der Waals surface area contributed by atoms with Crippen LogP contribution in [0.2, 0.25) is 5.02 Å². The number of carbonyl (C=O) groups is 1. The second-order valence-corrected chi connectivity index (χ2v) is 5.12. The number of ether oxygens (including phenoxy) is 2. The number of hydrogen-bond donors (Lipinski definition) is 1. The highest BCUT2D eigenvalue weighted by molar-refractivity contribution is 6.32. The summed E-state index contributed by atoms with van der Waals surface area (Å²) in [7, 11) is 5.51. The number of methoxy groups -OCH3 is 1. The van der Waals surface area contributed by atoms with Crippen molar-refractivity contribution < 1.29 is 19.4 Å². The minimum absolute atomic E-state index is 0.393. The molecule has 1 rings (SSSR count). The monoisotopic (exact) mass is 313 g/mol. The summed E-state index contributed by atoms with van der Waals surface area (Å²) in [6, 6.07) is 3.33. The molecule has 6 heteroatoms. The van der Waals surface area contributed by atoms with Crippen molar-refractivity contribution in [3.05, 3.63) is 28.8 Å². The minimum atomic E-state index is -1.02. The Bertz CT molecular complexity index is 515. The molecule has 0 bridgehead atoms. The van der Waals surface area contributed by atoms with Crippen LogP contribution in [0, 0.1) is 0 Å². The van der Waals surface area contributed by atoms with Crippen LogP contribution in [-0.2, 0) is 4.79 Å². The Kier molecular flexibility index (Phi) is 7.05. The van der Waals surface area contributed by atoms with Gasteiger partial charge in [0.05, 0.1) is 18.7 Å². The summed E-state index contributed by atoms with van der Waals surface area (Å²) in [5.41, 5.74) is 0.639. The van der Waals surface area contributed by atoms with E-state index in [1.54, 1.807) is 12.1 Å². The average molecular weight is 314 g/mol. The topological polar surface area (TPSA) is 59.0 Å². The third-order valence-corrected chi connectivity index (χ3v) is 2.95. The maximum atomic E-state index is 10.5. The van der Waals surface area contributed by atoms with Crippen molar-refractivity contribution in [3.63, 3.8) is 0 Å². The van der Waals surface area contributed by atoms with Crippen LogP contribution in [0.3, 0.4) is 0 Å². The Morgan fingerprint density at radius 1 is 1.43 bits per heavy atom. The highest BCUT2D eigenvalue weighted by Crippen LogP contribution is 2.36. The first-order chi connectivity index (χ1) is 9.93. The number of halogens is 1. The van der Waals surface area contributed by atoms with Crippen LogP contribution >= 0.6 is 11.6 Å². The van der Waals surface area contributed by atoms with E-state index < -0.39 is 5.97 Å². The van der Waals surface area contributed by atoms with E-state index in [1.165, 1.54) is 13.2 Å². The fourth-order valence-electron chi connectivity index (χ4n) is 1.70.